The van der Waals surface area contributed by atoms with Gasteiger partial charge >= 0.3 is 0 Å². The average Bonchev–Trinajstić information content (AvgIpc) is 2.42. The lowest BCUT2D eigenvalue weighted by Gasteiger charge is -2.16. The Morgan fingerprint density at radius 1 is 1.11 bits per heavy atom. The van der Waals surface area contributed by atoms with Crippen LogP contribution >= 0.6 is 0 Å². The van der Waals surface area contributed by atoms with Crippen molar-refractivity contribution in [3.05, 3.63) is 17.7 Å². The summed E-state index contributed by atoms with van der Waals surface area (Å²) in [6, 6.07) is 4.42. The molecule has 0 aromatic heterocycles. The monoisotopic (exact) mass is 267 g/mol. The number of hydrogen-bond donors (Lipinski definition) is 1. The Labute approximate surface area is 116 Å². The molecule has 0 amide bonds. The molecule has 0 bridgehead atoms. The zero-order valence-corrected chi connectivity index (χ0v) is 12.6. The number of nitrogens with one attached hydrogen (secondary N) is 1. The van der Waals surface area contributed by atoms with Gasteiger partial charge in [0.15, 0.2) is 11.5 Å². The van der Waals surface area contributed by atoms with Crippen molar-refractivity contribution in [3.63, 3.8) is 0 Å². The maximum absolute atomic E-state index is 5.71. The Bertz CT molecular complexity index is 366. The molecule has 0 radical (unpaired) electrons. The lowest BCUT2D eigenvalue weighted by Crippen LogP contribution is -2.21. The van der Waals surface area contributed by atoms with Crippen LogP contribution in [0.4, 0.5) is 0 Å². The van der Waals surface area contributed by atoms with Gasteiger partial charge in [-0.15, -0.1) is 0 Å². The molecule has 0 saturated heterocycles. The third-order valence-electron chi connectivity index (χ3n) is 2.69. The predicted octanol–water partition coefficient (Wildman–Crippen LogP) is 2.99. The molecule has 0 atom stereocenters. The van der Waals surface area contributed by atoms with Gasteiger partial charge in [-0.1, -0.05) is 20.8 Å². The van der Waals surface area contributed by atoms with E-state index in [4.69, 9.17) is 14.2 Å². The van der Waals surface area contributed by atoms with Gasteiger partial charge in [-0.25, -0.2) is 0 Å². The fourth-order valence-electron chi connectivity index (χ4n) is 1.70. The topological polar surface area (TPSA) is 39.7 Å². The van der Waals surface area contributed by atoms with E-state index in [9.17, 15) is 0 Å². The zero-order chi connectivity index (χ0) is 14.3. The van der Waals surface area contributed by atoms with E-state index in [2.05, 4.69) is 26.1 Å². The maximum atomic E-state index is 5.71. The summed E-state index contributed by atoms with van der Waals surface area (Å²) in [7, 11) is 3.29. The first-order valence-electron chi connectivity index (χ1n) is 6.73. The standard InChI is InChI=1S/C15H25NO3/c1-6-7-19-15-13(17-4)8-12(9-14(15)18-5)10-16-11(2)3/h8-9,11,16H,6-7,10H2,1-5H3. The fourth-order valence-corrected chi connectivity index (χ4v) is 1.70. The Balaban J connectivity index is 2.98. The third-order valence-corrected chi connectivity index (χ3v) is 2.69. The molecule has 19 heavy (non-hydrogen) atoms. The summed E-state index contributed by atoms with van der Waals surface area (Å²) in [6.07, 6.45) is 0.947. The molecule has 0 fully saturated rings. The summed E-state index contributed by atoms with van der Waals surface area (Å²) >= 11 is 0. The van der Waals surface area contributed by atoms with Gasteiger partial charge in [-0.2, -0.15) is 0 Å². The van der Waals surface area contributed by atoms with Crippen LogP contribution in [-0.4, -0.2) is 26.9 Å². The highest BCUT2D eigenvalue weighted by Crippen LogP contribution is 2.38. The van der Waals surface area contributed by atoms with E-state index in [0.717, 1.165) is 18.5 Å². The minimum atomic E-state index is 0.438. The van der Waals surface area contributed by atoms with Crippen LogP contribution in [0.3, 0.4) is 0 Å². The number of rotatable bonds is 8. The summed E-state index contributed by atoms with van der Waals surface area (Å²) in [4.78, 5) is 0. The van der Waals surface area contributed by atoms with Crippen molar-refractivity contribution in [1.82, 2.24) is 5.32 Å². The molecule has 0 unspecified atom stereocenters. The van der Waals surface area contributed by atoms with E-state index in [1.807, 2.05) is 12.1 Å². The molecule has 1 rings (SSSR count). The molecule has 0 spiro atoms. The fraction of sp³-hybridized carbons (Fsp3) is 0.600. The first kappa shape index (κ1) is 15.6. The van der Waals surface area contributed by atoms with E-state index < -0.39 is 0 Å². The van der Waals surface area contributed by atoms with Crippen LogP contribution in [0.5, 0.6) is 17.2 Å². The third kappa shape index (κ3) is 4.63. The maximum Gasteiger partial charge on any atom is 0.203 e. The molecule has 0 aliphatic rings. The van der Waals surface area contributed by atoms with Gasteiger partial charge in [0.25, 0.3) is 0 Å². The molecule has 4 heteroatoms. The lowest BCUT2D eigenvalue weighted by molar-refractivity contribution is 0.274. The normalized spacial score (nSPS) is 10.6. The van der Waals surface area contributed by atoms with Crippen molar-refractivity contribution in [1.29, 1.82) is 0 Å². The van der Waals surface area contributed by atoms with Gasteiger partial charge in [0.05, 0.1) is 20.8 Å². The molecule has 0 aliphatic heterocycles. The highest BCUT2D eigenvalue weighted by Gasteiger charge is 2.14. The van der Waals surface area contributed by atoms with Crippen LogP contribution in [0.25, 0.3) is 0 Å². The molecule has 108 valence electrons. The van der Waals surface area contributed by atoms with Crippen molar-refractivity contribution < 1.29 is 14.2 Å². The van der Waals surface area contributed by atoms with E-state index >= 15 is 0 Å². The molecular formula is C15H25NO3. The van der Waals surface area contributed by atoms with Gasteiger partial charge in [0, 0.05) is 12.6 Å². The van der Waals surface area contributed by atoms with Crippen LogP contribution < -0.4 is 19.5 Å². The molecule has 0 saturated carbocycles. The predicted molar refractivity (Wildman–Crippen MR) is 77.3 cm³/mol. The van der Waals surface area contributed by atoms with E-state index in [0.29, 0.717) is 29.9 Å². The largest absolute Gasteiger partial charge is 0.493 e. The number of hydrogen-bond acceptors (Lipinski definition) is 4. The summed E-state index contributed by atoms with van der Waals surface area (Å²) < 4.78 is 16.5. The van der Waals surface area contributed by atoms with Crippen molar-refractivity contribution in [2.45, 2.75) is 39.8 Å². The SMILES string of the molecule is CCCOc1c(OC)cc(CNC(C)C)cc1OC. The Kier molecular flexibility index (Phi) is 6.50. The first-order valence-corrected chi connectivity index (χ1v) is 6.73. The summed E-state index contributed by atoms with van der Waals surface area (Å²) in [5.74, 6) is 2.11. The Morgan fingerprint density at radius 2 is 1.68 bits per heavy atom. The van der Waals surface area contributed by atoms with Gasteiger partial charge in [0.1, 0.15) is 0 Å². The van der Waals surface area contributed by atoms with Crippen LogP contribution in [-0.2, 0) is 6.54 Å². The molecule has 0 aliphatic carbocycles. The van der Waals surface area contributed by atoms with Crippen molar-refractivity contribution >= 4 is 0 Å². The van der Waals surface area contributed by atoms with Crippen molar-refractivity contribution in [3.8, 4) is 17.2 Å². The molecule has 1 aromatic carbocycles. The second-order valence-electron chi connectivity index (χ2n) is 4.71. The smallest absolute Gasteiger partial charge is 0.203 e. The van der Waals surface area contributed by atoms with Crippen LogP contribution in [0.2, 0.25) is 0 Å². The van der Waals surface area contributed by atoms with Gasteiger partial charge < -0.3 is 19.5 Å². The Hall–Kier alpha value is -1.42. The van der Waals surface area contributed by atoms with Gasteiger partial charge in [0.2, 0.25) is 5.75 Å². The van der Waals surface area contributed by atoms with Crippen LogP contribution in [0.15, 0.2) is 12.1 Å². The van der Waals surface area contributed by atoms with Crippen LogP contribution in [0.1, 0.15) is 32.8 Å². The minimum Gasteiger partial charge on any atom is -0.493 e. The second kappa shape index (κ2) is 7.89. The molecule has 1 aromatic rings. The van der Waals surface area contributed by atoms with Crippen molar-refractivity contribution in [2.24, 2.45) is 0 Å². The van der Waals surface area contributed by atoms with Crippen molar-refractivity contribution in [2.75, 3.05) is 20.8 Å². The van der Waals surface area contributed by atoms with E-state index in [1.54, 1.807) is 14.2 Å². The first-order chi connectivity index (χ1) is 9.12. The number of benzene rings is 1. The second-order valence-corrected chi connectivity index (χ2v) is 4.71. The quantitative estimate of drug-likeness (QED) is 0.786. The molecular weight excluding hydrogens is 242 g/mol. The number of methoxy groups -OCH3 is 2. The molecule has 4 nitrogen and oxygen atoms in total. The van der Waals surface area contributed by atoms with Crippen LogP contribution in [0, 0.1) is 0 Å². The molecule has 0 heterocycles. The van der Waals surface area contributed by atoms with Gasteiger partial charge in [-0.05, 0) is 24.1 Å². The van der Waals surface area contributed by atoms with Gasteiger partial charge in [-0.3, -0.25) is 0 Å². The lowest BCUT2D eigenvalue weighted by atomic mass is 10.1. The minimum absolute atomic E-state index is 0.438. The summed E-state index contributed by atoms with van der Waals surface area (Å²) in [6.45, 7) is 7.73. The Morgan fingerprint density at radius 3 is 2.11 bits per heavy atom. The highest BCUT2D eigenvalue weighted by atomic mass is 16.5. The summed E-state index contributed by atoms with van der Waals surface area (Å²) in [5.41, 5.74) is 1.12. The zero-order valence-electron chi connectivity index (χ0n) is 12.6. The average molecular weight is 267 g/mol. The summed E-state index contributed by atoms with van der Waals surface area (Å²) in [5, 5.41) is 3.38. The molecule has 1 N–H and O–H groups in total. The highest BCUT2D eigenvalue weighted by molar-refractivity contribution is 5.53. The number of ether oxygens (including phenoxy) is 3. The van der Waals surface area contributed by atoms with E-state index in [-0.39, 0.29) is 0 Å². The van der Waals surface area contributed by atoms with E-state index in [1.165, 1.54) is 0 Å².